The molecule has 0 aromatic rings. The molecule has 0 fully saturated rings. The van der Waals surface area contributed by atoms with Crippen LogP contribution in [0.1, 0.15) is 5.71 Å². The topological polar surface area (TPSA) is 0 Å². The molecule has 26 valence electrons. The minimum absolute atomic E-state index is 0. The summed E-state index contributed by atoms with van der Waals surface area (Å²) in [7, 11) is 0. The van der Waals surface area contributed by atoms with Gasteiger partial charge in [0.1, 0.15) is 0 Å². The third kappa shape index (κ3) is 17.8. The van der Waals surface area contributed by atoms with Gasteiger partial charge >= 0.3 is 86.6 Å². The molecule has 0 N–H and O–H groups in total. The minimum Gasteiger partial charge on any atom is -1.00 e. The molecule has 0 aliphatic rings. The zero-order valence-corrected chi connectivity index (χ0v) is 10.1. The number of rotatable bonds is 0. The fourth-order valence-electron chi connectivity index (χ4n) is 0. The van der Waals surface area contributed by atoms with E-state index in [4.69, 9.17) is 0 Å². The Labute approximate surface area is 139 Å². The fourth-order valence-corrected chi connectivity index (χ4v) is 0. The van der Waals surface area contributed by atoms with Gasteiger partial charge in [-0.1, -0.05) is 0 Å². The van der Waals surface area contributed by atoms with Crippen LogP contribution in [0.4, 0.5) is 0 Å². The third-order valence-electron chi connectivity index (χ3n) is 0. The molecule has 0 heterocycles. The van der Waals surface area contributed by atoms with E-state index in [0.29, 0.717) is 0 Å². The SMILES string of the molecule is [AlH3].[Ba+2].[Ca+2].[H-].[H-].[H-].[H-].[SiH4].[Ti]. The molecule has 0 bridgehead atoms. The standard InChI is InChI=1S/Al.Ba.Ca.H4Si.Ti.7H/h;;;1H4;;;;;;;;/q;2*+2;;;;;;4*-1. The third-order valence-corrected chi connectivity index (χ3v) is 0. The van der Waals surface area contributed by atoms with Gasteiger partial charge in [-0.15, -0.1) is 0 Å². The molecule has 0 nitrogen and oxygen atoms in total. The van der Waals surface area contributed by atoms with Crippen molar-refractivity contribution in [1.29, 1.82) is 0 Å². The summed E-state index contributed by atoms with van der Waals surface area (Å²) in [6.07, 6.45) is 0. The molecule has 0 rings (SSSR count). The van der Waals surface area contributed by atoms with Gasteiger partial charge in [-0.2, -0.15) is 0 Å². The molecule has 0 unspecified atom stereocenters. The van der Waals surface area contributed by atoms with Crippen LogP contribution in [0.25, 0.3) is 0 Å². The molecule has 0 aromatic carbocycles. The molecule has 0 amide bonds. The van der Waals surface area contributed by atoms with Gasteiger partial charge in [0.2, 0.25) is 0 Å². The van der Waals surface area contributed by atoms with Gasteiger partial charge in [-0.25, -0.2) is 0 Å². The van der Waals surface area contributed by atoms with Crippen LogP contribution in [0, 0.1) is 0 Å². The molecular weight excluding hydrogens is 280 g/mol. The summed E-state index contributed by atoms with van der Waals surface area (Å²) in [5, 5.41) is 0. The molecular formula is H11AlBaCaSiTi. The summed E-state index contributed by atoms with van der Waals surface area (Å²) in [6.45, 7) is 0. The fraction of sp³-hybridized carbons (Fsp3) is 0. The predicted octanol–water partition coefficient (Wildman–Crippen LogP) is -2.95. The Hall–Kier alpha value is 4.29. The van der Waals surface area contributed by atoms with Gasteiger partial charge in [-0.3, -0.25) is 0 Å². The first-order chi connectivity index (χ1) is 0. The minimum atomic E-state index is 0. The van der Waals surface area contributed by atoms with Crippen LogP contribution < -0.4 is 0 Å². The quantitative estimate of drug-likeness (QED) is 0.419. The number of hydrogen-bond acceptors (Lipinski definition) is 0. The zero-order chi connectivity index (χ0) is 0. The second-order valence-electron chi connectivity index (χ2n) is 0. The van der Waals surface area contributed by atoms with Gasteiger partial charge in [0.05, 0.1) is 0 Å². The largest absolute Gasteiger partial charge is 2.00 e. The summed E-state index contributed by atoms with van der Waals surface area (Å²) in [5.41, 5.74) is 0. The van der Waals surface area contributed by atoms with E-state index in [9.17, 15) is 0 Å². The monoisotopic (exact) mass is 292 g/mol. The molecule has 5 heavy (non-hydrogen) atoms. The van der Waals surface area contributed by atoms with Crippen LogP contribution >= 0.6 is 0 Å². The van der Waals surface area contributed by atoms with E-state index >= 15 is 0 Å². The Bertz CT molecular complexity index is 20.5. The Kier molecular flexibility index (Phi) is 166. The van der Waals surface area contributed by atoms with Crippen molar-refractivity contribution in [3.63, 3.8) is 0 Å². The average Bonchev–Trinajstić information content (AvgIpc) is 0. The predicted molar refractivity (Wildman–Crippen MR) is 37.2 cm³/mol. The summed E-state index contributed by atoms with van der Waals surface area (Å²) >= 11 is 0. The molecule has 0 saturated heterocycles. The van der Waals surface area contributed by atoms with E-state index in [1.54, 1.807) is 0 Å². The van der Waals surface area contributed by atoms with Crippen molar-refractivity contribution in [3.05, 3.63) is 0 Å². The van der Waals surface area contributed by atoms with Crippen molar-refractivity contribution in [1.82, 2.24) is 0 Å². The van der Waals surface area contributed by atoms with E-state index in [-0.39, 0.29) is 142 Å². The number of hydrogen-bond donors (Lipinski definition) is 0. The van der Waals surface area contributed by atoms with Crippen molar-refractivity contribution >= 4 is 115 Å². The van der Waals surface area contributed by atoms with Crippen molar-refractivity contribution in [2.75, 3.05) is 0 Å². The first-order valence-electron chi connectivity index (χ1n) is 0. The van der Waals surface area contributed by atoms with Gasteiger partial charge in [0, 0.05) is 21.7 Å². The van der Waals surface area contributed by atoms with E-state index in [1.165, 1.54) is 0 Å². The zero-order valence-electron chi connectivity index (χ0n) is 5.91. The van der Waals surface area contributed by atoms with Gasteiger partial charge in [0.15, 0.2) is 17.4 Å². The summed E-state index contributed by atoms with van der Waals surface area (Å²) in [5.74, 6) is 0. The van der Waals surface area contributed by atoms with Gasteiger partial charge < -0.3 is 5.71 Å². The van der Waals surface area contributed by atoms with E-state index in [2.05, 4.69) is 0 Å². The molecule has 0 aliphatic heterocycles. The Balaban J connectivity index is 0. The molecule has 0 atom stereocenters. The maximum Gasteiger partial charge on any atom is 2.00 e. The normalized spacial score (nSPS) is 0. The summed E-state index contributed by atoms with van der Waals surface area (Å²) < 4.78 is 0. The van der Waals surface area contributed by atoms with Crippen LogP contribution in [0.15, 0.2) is 0 Å². The van der Waals surface area contributed by atoms with Crippen LogP contribution in [-0.2, 0) is 21.7 Å². The molecule has 5 heteroatoms. The molecule has 0 spiro atoms. The Morgan fingerprint density at radius 3 is 1.20 bits per heavy atom. The molecule has 0 radical (unpaired) electrons. The van der Waals surface area contributed by atoms with Crippen LogP contribution in [-0.4, -0.2) is 115 Å². The van der Waals surface area contributed by atoms with Crippen LogP contribution in [0.5, 0.6) is 0 Å². The van der Waals surface area contributed by atoms with Gasteiger partial charge in [0.25, 0.3) is 0 Å². The first kappa shape index (κ1) is 34.7. The summed E-state index contributed by atoms with van der Waals surface area (Å²) in [6, 6.07) is 0. The molecule has 0 aromatic heterocycles. The van der Waals surface area contributed by atoms with Crippen molar-refractivity contribution < 1.29 is 27.4 Å². The summed E-state index contributed by atoms with van der Waals surface area (Å²) in [4.78, 5) is 0. The van der Waals surface area contributed by atoms with E-state index in [0.717, 1.165) is 0 Å². The van der Waals surface area contributed by atoms with Crippen molar-refractivity contribution in [2.24, 2.45) is 0 Å². The second-order valence-corrected chi connectivity index (χ2v) is 0. The maximum atomic E-state index is 0. The van der Waals surface area contributed by atoms with Crippen LogP contribution in [0.3, 0.4) is 0 Å². The van der Waals surface area contributed by atoms with Crippen molar-refractivity contribution in [3.8, 4) is 0 Å². The second kappa shape index (κ2) is 23.9. The first-order valence-corrected chi connectivity index (χ1v) is 0. The maximum absolute atomic E-state index is 0. The molecule has 0 saturated carbocycles. The molecule has 0 aliphatic carbocycles. The average molecular weight is 291 g/mol. The van der Waals surface area contributed by atoms with Crippen LogP contribution in [0.2, 0.25) is 0 Å². The van der Waals surface area contributed by atoms with Crippen molar-refractivity contribution in [2.45, 2.75) is 0 Å². The van der Waals surface area contributed by atoms with Gasteiger partial charge in [-0.05, 0) is 11.0 Å². The Morgan fingerprint density at radius 1 is 1.20 bits per heavy atom. The van der Waals surface area contributed by atoms with E-state index in [1.807, 2.05) is 0 Å². The Morgan fingerprint density at radius 2 is 1.20 bits per heavy atom. The van der Waals surface area contributed by atoms with E-state index < -0.39 is 0 Å². The smallest absolute Gasteiger partial charge is 1.00 e.